The van der Waals surface area contributed by atoms with Gasteiger partial charge in [-0.1, -0.05) is 18.2 Å². The van der Waals surface area contributed by atoms with E-state index in [4.69, 9.17) is 0 Å². The van der Waals surface area contributed by atoms with Crippen LogP contribution in [0.3, 0.4) is 0 Å². The van der Waals surface area contributed by atoms with Crippen LogP contribution in [0.2, 0.25) is 0 Å². The summed E-state index contributed by atoms with van der Waals surface area (Å²) in [5, 5.41) is 6.29. The van der Waals surface area contributed by atoms with Gasteiger partial charge >= 0.3 is 6.03 Å². The Morgan fingerprint density at radius 3 is 2.81 bits per heavy atom. The van der Waals surface area contributed by atoms with Gasteiger partial charge in [0.15, 0.2) is 0 Å². The van der Waals surface area contributed by atoms with E-state index in [1.165, 1.54) is 17.7 Å². The van der Waals surface area contributed by atoms with Crippen molar-refractivity contribution in [3.8, 4) is 0 Å². The van der Waals surface area contributed by atoms with Crippen molar-refractivity contribution in [1.82, 2.24) is 15.5 Å². The van der Waals surface area contributed by atoms with Crippen LogP contribution in [-0.4, -0.2) is 50.7 Å². The molecule has 1 saturated heterocycles. The third-order valence-electron chi connectivity index (χ3n) is 4.51. The van der Waals surface area contributed by atoms with Crippen LogP contribution in [0, 0.1) is 0 Å². The lowest BCUT2D eigenvalue weighted by Crippen LogP contribution is -2.37. The number of nitrogens with zero attached hydrogens (tertiary/aromatic N) is 2. The minimum atomic E-state index is 0.0752. The van der Waals surface area contributed by atoms with E-state index in [1.807, 2.05) is 11.9 Å². The number of carbonyl (C=O) groups is 1. The zero-order valence-electron chi connectivity index (χ0n) is 12.6. The average Bonchev–Trinajstić information content (AvgIpc) is 2.83. The Balaban J connectivity index is 1.74. The van der Waals surface area contributed by atoms with E-state index in [0.29, 0.717) is 6.04 Å². The maximum atomic E-state index is 11.6. The first kappa shape index (κ1) is 14.2. The molecular weight excluding hydrogens is 264 g/mol. The minimum Gasteiger partial charge on any atom is -0.369 e. The lowest BCUT2D eigenvalue weighted by Gasteiger charge is -2.27. The summed E-state index contributed by atoms with van der Waals surface area (Å²) in [6.07, 6.45) is 2.33. The Morgan fingerprint density at radius 1 is 1.24 bits per heavy atom. The van der Waals surface area contributed by atoms with E-state index in [1.54, 1.807) is 0 Å². The summed E-state index contributed by atoms with van der Waals surface area (Å²) in [5.41, 5.74) is 2.69. The van der Waals surface area contributed by atoms with Crippen molar-refractivity contribution in [2.75, 3.05) is 44.7 Å². The molecule has 0 aliphatic carbocycles. The van der Waals surface area contributed by atoms with E-state index in [2.05, 4.69) is 39.8 Å². The maximum absolute atomic E-state index is 11.6. The van der Waals surface area contributed by atoms with Gasteiger partial charge in [0.05, 0.1) is 0 Å². The second-order valence-corrected chi connectivity index (χ2v) is 5.75. The molecule has 2 heterocycles. The zero-order chi connectivity index (χ0) is 14.7. The highest BCUT2D eigenvalue weighted by Crippen LogP contribution is 2.32. The molecule has 2 aliphatic heterocycles. The molecule has 0 aromatic heterocycles. The van der Waals surface area contributed by atoms with Crippen LogP contribution in [0.5, 0.6) is 0 Å². The molecule has 0 saturated carbocycles. The van der Waals surface area contributed by atoms with Crippen LogP contribution in [-0.2, 0) is 0 Å². The van der Waals surface area contributed by atoms with E-state index >= 15 is 0 Å². The molecule has 5 heteroatoms. The molecule has 21 heavy (non-hydrogen) atoms. The quantitative estimate of drug-likeness (QED) is 0.884. The summed E-state index contributed by atoms with van der Waals surface area (Å²) in [7, 11) is 2.03. The van der Waals surface area contributed by atoms with Crippen LogP contribution in [0.15, 0.2) is 24.3 Å². The molecule has 2 aliphatic rings. The normalized spacial score (nSPS) is 22.0. The zero-order valence-corrected chi connectivity index (χ0v) is 12.6. The van der Waals surface area contributed by atoms with E-state index in [0.717, 1.165) is 39.1 Å². The first-order valence-corrected chi connectivity index (χ1v) is 7.83. The van der Waals surface area contributed by atoms with Crippen molar-refractivity contribution < 1.29 is 4.79 Å². The summed E-state index contributed by atoms with van der Waals surface area (Å²) < 4.78 is 0. The van der Waals surface area contributed by atoms with Crippen LogP contribution < -0.4 is 15.5 Å². The number of anilines is 1. The highest BCUT2D eigenvalue weighted by atomic mass is 16.2. The van der Waals surface area contributed by atoms with E-state index in [9.17, 15) is 4.79 Å². The molecule has 0 bridgehead atoms. The third-order valence-corrected chi connectivity index (χ3v) is 4.51. The van der Waals surface area contributed by atoms with Crippen LogP contribution in [0.4, 0.5) is 10.5 Å². The second-order valence-electron chi connectivity index (χ2n) is 5.75. The number of nitrogens with one attached hydrogen (secondary N) is 2. The Labute approximate surface area is 126 Å². The first-order valence-electron chi connectivity index (χ1n) is 7.83. The molecule has 1 aromatic carbocycles. The molecule has 3 rings (SSSR count). The lowest BCUT2D eigenvalue weighted by molar-refractivity contribution is 0.218. The number of urea groups is 1. The van der Waals surface area contributed by atoms with Crippen LogP contribution in [0.1, 0.15) is 24.4 Å². The number of carbonyl (C=O) groups excluding carboxylic acids is 1. The van der Waals surface area contributed by atoms with Crippen molar-refractivity contribution in [1.29, 1.82) is 0 Å². The summed E-state index contributed by atoms with van der Waals surface area (Å²) in [6, 6.07) is 9.15. The highest BCUT2D eigenvalue weighted by molar-refractivity contribution is 5.76. The van der Waals surface area contributed by atoms with E-state index in [-0.39, 0.29) is 6.03 Å². The summed E-state index contributed by atoms with van der Waals surface area (Å²) in [5.74, 6) is 0. The van der Waals surface area contributed by atoms with Crippen molar-refractivity contribution in [2.45, 2.75) is 18.9 Å². The number of amides is 2. The molecule has 0 radical (unpaired) electrons. The van der Waals surface area contributed by atoms with Crippen LogP contribution >= 0.6 is 0 Å². The molecule has 114 valence electrons. The van der Waals surface area contributed by atoms with Gasteiger partial charge < -0.3 is 20.4 Å². The first-order chi connectivity index (χ1) is 10.3. The fourth-order valence-corrected chi connectivity index (χ4v) is 3.33. The minimum absolute atomic E-state index is 0.0752. The van der Waals surface area contributed by atoms with Gasteiger partial charge in [-0.05, 0) is 31.5 Å². The Hall–Kier alpha value is -1.75. The maximum Gasteiger partial charge on any atom is 0.317 e. The number of hydrogen-bond donors (Lipinski definition) is 2. The second kappa shape index (κ2) is 6.35. The molecule has 2 N–H and O–H groups in total. The summed E-state index contributed by atoms with van der Waals surface area (Å²) >= 11 is 0. The molecule has 2 amide bonds. The van der Waals surface area contributed by atoms with Crippen molar-refractivity contribution in [3.05, 3.63) is 29.8 Å². The summed E-state index contributed by atoms with van der Waals surface area (Å²) in [6.45, 7) is 4.36. The van der Waals surface area contributed by atoms with Crippen molar-refractivity contribution in [2.24, 2.45) is 0 Å². The molecule has 1 aromatic rings. The van der Waals surface area contributed by atoms with Crippen molar-refractivity contribution in [3.63, 3.8) is 0 Å². The smallest absolute Gasteiger partial charge is 0.317 e. The third kappa shape index (κ3) is 2.97. The topological polar surface area (TPSA) is 47.6 Å². The lowest BCUT2D eigenvalue weighted by atomic mass is 10.0. The fourth-order valence-electron chi connectivity index (χ4n) is 3.33. The average molecular weight is 288 g/mol. The largest absolute Gasteiger partial charge is 0.369 e. The van der Waals surface area contributed by atoms with Gasteiger partial charge in [-0.25, -0.2) is 4.79 Å². The van der Waals surface area contributed by atoms with Gasteiger partial charge in [-0.15, -0.1) is 0 Å². The molecule has 1 fully saturated rings. The van der Waals surface area contributed by atoms with Gasteiger partial charge in [0, 0.05) is 44.5 Å². The Morgan fingerprint density at radius 2 is 2.05 bits per heavy atom. The molecule has 0 spiro atoms. The Bertz CT molecular complexity index is 505. The monoisotopic (exact) mass is 288 g/mol. The van der Waals surface area contributed by atoms with E-state index < -0.39 is 0 Å². The van der Waals surface area contributed by atoms with Gasteiger partial charge in [0.2, 0.25) is 0 Å². The number of rotatable bonds is 4. The van der Waals surface area contributed by atoms with Gasteiger partial charge in [0.25, 0.3) is 0 Å². The molecule has 1 atom stereocenters. The Kier molecular flexibility index (Phi) is 4.29. The summed E-state index contributed by atoms with van der Waals surface area (Å²) in [4.78, 5) is 16.0. The predicted molar refractivity (Wildman–Crippen MR) is 84.7 cm³/mol. The SMILES string of the molecule is CNC1CCCN(CCN2CCNC2=O)c2ccccc21. The highest BCUT2D eigenvalue weighted by Gasteiger charge is 2.24. The number of benzene rings is 1. The molecule has 5 nitrogen and oxygen atoms in total. The van der Waals surface area contributed by atoms with Gasteiger partial charge in [-0.2, -0.15) is 0 Å². The number of fused-ring (bicyclic) bond motifs is 1. The molecule has 1 unspecified atom stereocenters. The number of hydrogen-bond acceptors (Lipinski definition) is 3. The standard InChI is InChI=1S/C16H24N4O/c1-17-14-6-4-9-19(15-7-3-2-5-13(14)15)11-12-20-10-8-18-16(20)21/h2-3,5,7,14,17H,4,6,8-12H2,1H3,(H,18,21). The van der Waals surface area contributed by atoms with Crippen LogP contribution in [0.25, 0.3) is 0 Å². The predicted octanol–water partition coefficient (Wildman–Crippen LogP) is 1.57. The fraction of sp³-hybridized carbons (Fsp3) is 0.562. The van der Waals surface area contributed by atoms with Gasteiger partial charge in [0.1, 0.15) is 0 Å². The van der Waals surface area contributed by atoms with Crippen molar-refractivity contribution >= 4 is 11.7 Å². The van der Waals surface area contributed by atoms with Gasteiger partial charge in [-0.3, -0.25) is 0 Å². The molecular formula is C16H24N4O. The number of para-hydroxylation sites is 1.